The molecule has 0 N–H and O–H groups in total. The van der Waals surface area contributed by atoms with E-state index in [-0.39, 0.29) is 19.0 Å². The molecule has 5 aromatic carbocycles. The van der Waals surface area contributed by atoms with Crippen molar-refractivity contribution in [1.29, 1.82) is 0 Å². The zero-order chi connectivity index (χ0) is 29.4. The predicted molar refractivity (Wildman–Crippen MR) is 179 cm³/mol. The Labute approximate surface area is 248 Å². The van der Waals surface area contributed by atoms with Crippen molar-refractivity contribution in [1.82, 2.24) is 0 Å². The predicted octanol–water partition coefficient (Wildman–Crippen LogP) is 7.34. The summed E-state index contributed by atoms with van der Waals surface area (Å²) in [5, 5.41) is 4.32. The van der Waals surface area contributed by atoms with Crippen LogP contribution in [0.4, 0.5) is 0 Å². The highest BCUT2D eigenvalue weighted by Crippen LogP contribution is 2.37. The fraction of sp³-hybridized carbons (Fsp3) is 0.0556. The number of benzene rings is 5. The van der Waals surface area contributed by atoms with E-state index in [0.29, 0.717) is 60.6 Å². The van der Waals surface area contributed by atoms with Gasteiger partial charge in [0.2, 0.25) is 19.0 Å². The van der Waals surface area contributed by atoms with E-state index in [1.807, 2.05) is 86.7 Å². The molecule has 0 radical (unpaired) electrons. The summed E-state index contributed by atoms with van der Waals surface area (Å²) >= 11 is 1.38. The summed E-state index contributed by atoms with van der Waals surface area (Å²) < 4.78 is -1.17. The number of hydrogen-bond donors (Lipinski definition) is 0. The number of rotatable bonds is 2. The van der Waals surface area contributed by atoms with Crippen LogP contribution in [0.5, 0.6) is 0 Å². The van der Waals surface area contributed by atoms with Gasteiger partial charge in [-0.3, -0.25) is 19.2 Å². The molecule has 6 heteroatoms. The highest BCUT2D eigenvalue weighted by Gasteiger charge is 2.18. The van der Waals surface area contributed by atoms with Gasteiger partial charge in [0.1, 0.15) is 0 Å². The quantitative estimate of drug-likeness (QED) is 0.122. The van der Waals surface area contributed by atoms with Crippen LogP contribution in [0.15, 0.2) is 104 Å². The van der Waals surface area contributed by atoms with Gasteiger partial charge in [0, 0.05) is 32.7 Å². The molecular weight excluding hydrogens is 561 g/mol. The van der Waals surface area contributed by atoms with Crippen LogP contribution in [0.3, 0.4) is 0 Å². The van der Waals surface area contributed by atoms with Gasteiger partial charge in [-0.15, -0.1) is 0 Å². The first-order valence-corrected chi connectivity index (χ1v) is 15.1. The zero-order valence-electron chi connectivity index (χ0n) is 22.7. The summed E-state index contributed by atoms with van der Waals surface area (Å²) in [6, 6.07) is 26.3. The van der Waals surface area contributed by atoms with E-state index in [2.05, 4.69) is 11.8 Å². The fourth-order valence-electron chi connectivity index (χ4n) is 5.13. The van der Waals surface area contributed by atoms with E-state index in [1.165, 1.54) is 0 Å². The van der Waals surface area contributed by atoms with Gasteiger partial charge in [-0.1, -0.05) is 109 Å². The van der Waals surface area contributed by atoms with E-state index in [1.54, 1.807) is 24.3 Å². The molecule has 0 unspecified atom stereocenters. The first-order valence-electron chi connectivity index (χ1n) is 13.4. The number of thiophene rings is 2. The summed E-state index contributed by atoms with van der Waals surface area (Å²) in [5.74, 6) is 6.52. The molecule has 0 fully saturated rings. The molecule has 7 aromatic rings. The molecule has 0 aliphatic carbocycles. The van der Waals surface area contributed by atoms with Crippen LogP contribution in [0.2, 0.25) is 0 Å². The van der Waals surface area contributed by atoms with Crippen LogP contribution >= 0.6 is 22.7 Å². The van der Waals surface area contributed by atoms with E-state index in [4.69, 9.17) is 0 Å². The first-order chi connectivity index (χ1) is 20.5. The van der Waals surface area contributed by atoms with E-state index < -0.39 is 0 Å². The largest absolute Gasteiger partial charge is 0.277 e. The Morgan fingerprint density at radius 1 is 0.500 bits per heavy atom. The van der Waals surface area contributed by atoms with Crippen LogP contribution in [0, 0.1) is 11.8 Å². The fourth-order valence-corrected chi connectivity index (χ4v) is 6.58. The summed E-state index contributed by atoms with van der Waals surface area (Å²) in [5.41, 5.74) is 3.19. The molecule has 0 amide bonds. The molecule has 7 rings (SSSR count). The lowest BCUT2D eigenvalue weighted by Gasteiger charge is -2.13. The van der Waals surface area contributed by atoms with Gasteiger partial charge in [0.05, 0.1) is 0 Å². The van der Waals surface area contributed by atoms with Crippen LogP contribution in [0.25, 0.3) is 55.2 Å². The maximum atomic E-state index is 12.7. The Bertz CT molecular complexity index is 2330. The van der Waals surface area contributed by atoms with Crippen LogP contribution < -0.4 is 19.0 Å². The van der Waals surface area contributed by atoms with Gasteiger partial charge in [-0.05, 0) is 69.1 Å². The molecule has 0 aliphatic heterocycles. The van der Waals surface area contributed by atoms with Crippen LogP contribution in [-0.2, 0) is 0 Å². The highest BCUT2D eigenvalue weighted by atomic mass is 32.1. The smallest absolute Gasteiger partial charge is 0.243 e. The molecule has 2 aromatic heterocycles. The third-order valence-electron chi connectivity index (χ3n) is 7.03. The van der Waals surface area contributed by atoms with Gasteiger partial charge in [0.15, 0.2) is 0 Å². The minimum Gasteiger partial charge on any atom is -0.277 e. The Balaban J connectivity index is 0.00000155. The van der Waals surface area contributed by atoms with Crippen LogP contribution in [-0.4, -0.2) is 0 Å². The van der Waals surface area contributed by atoms with Crippen molar-refractivity contribution in [3.8, 4) is 11.8 Å². The Hall–Kier alpha value is -4.96. The lowest BCUT2D eigenvalue weighted by atomic mass is 9.89. The molecule has 202 valence electrons. The van der Waals surface area contributed by atoms with Gasteiger partial charge in [-0.25, -0.2) is 0 Å². The van der Waals surface area contributed by atoms with Gasteiger partial charge < -0.3 is 0 Å². The van der Waals surface area contributed by atoms with Crippen LogP contribution in [0.1, 0.15) is 36.1 Å². The highest BCUT2D eigenvalue weighted by molar-refractivity contribution is 7.08. The second kappa shape index (κ2) is 11.1. The Morgan fingerprint density at radius 2 is 0.929 bits per heavy atom. The average Bonchev–Trinajstić information content (AvgIpc) is 3.46. The monoisotopic (exact) mass is 582 g/mol. The van der Waals surface area contributed by atoms with Gasteiger partial charge in [-0.2, -0.15) is 0 Å². The molecule has 0 aliphatic rings. The first kappa shape index (κ1) is 27.2. The summed E-state index contributed by atoms with van der Waals surface area (Å²) in [7, 11) is 0. The van der Waals surface area contributed by atoms with Crippen molar-refractivity contribution in [2.75, 3.05) is 0 Å². The lowest BCUT2D eigenvalue weighted by molar-refractivity contribution is 1.50. The van der Waals surface area contributed by atoms with E-state index >= 15 is 0 Å². The molecule has 0 bridgehead atoms. The Kier molecular flexibility index (Phi) is 7.22. The van der Waals surface area contributed by atoms with Crippen molar-refractivity contribution in [3.63, 3.8) is 0 Å². The Morgan fingerprint density at radius 3 is 1.40 bits per heavy atom. The number of hydrogen-bond acceptors (Lipinski definition) is 6. The van der Waals surface area contributed by atoms with E-state index in [9.17, 15) is 19.2 Å². The molecular formula is C36H22O4S2. The van der Waals surface area contributed by atoms with Crippen molar-refractivity contribution < 1.29 is 0 Å². The maximum absolute atomic E-state index is 12.7. The normalized spacial score (nSPS) is 11.2. The second-order valence-electron chi connectivity index (χ2n) is 9.39. The van der Waals surface area contributed by atoms with Crippen molar-refractivity contribution in [2.45, 2.75) is 13.8 Å². The van der Waals surface area contributed by atoms with Gasteiger partial charge in [0.25, 0.3) is 0 Å². The molecule has 2 heterocycles. The lowest BCUT2D eigenvalue weighted by Crippen LogP contribution is -1.96. The molecule has 0 saturated heterocycles. The zero-order valence-corrected chi connectivity index (χ0v) is 24.3. The van der Waals surface area contributed by atoms with Crippen molar-refractivity contribution >= 4 is 77.9 Å². The summed E-state index contributed by atoms with van der Waals surface area (Å²) in [6.45, 7) is 4.00. The summed E-state index contributed by atoms with van der Waals surface area (Å²) in [6.07, 6.45) is 3.92. The molecule has 0 atom stereocenters. The van der Waals surface area contributed by atoms with Crippen molar-refractivity contribution in [2.24, 2.45) is 0 Å². The standard InChI is InChI=1S/C34H16O4S2.C2H6/c35-31-27-15-23-21(13-11-19-7-3-1-4-8-19)24-16-28-30(34(38)40-32(28)36)18-26(24)22(14-12-20-9-5-2-6-10-20)25(23)17-29(27)33(37)39-31;1-2/h1-11,13,15-18H;1-2H3. The third-order valence-corrected chi connectivity index (χ3v) is 8.65. The van der Waals surface area contributed by atoms with Gasteiger partial charge >= 0.3 is 0 Å². The topological polar surface area (TPSA) is 68.3 Å². The summed E-state index contributed by atoms with van der Waals surface area (Å²) in [4.78, 5) is 50.8. The van der Waals surface area contributed by atoms with E-state index in [0.717, 1.165) is 27.5 Å². The second-order valence-corrected chi connectivity index (χ2v) is 11.3. The number of fused-ring (bicyclic) bond motifs is 4. The van der Waals surface area contributed by atoms with Crippen molar-refractivity contribution in [3.05, 3.63) is 145 Å². The average molecular weight is 583 g/mol. The molecule has 0 spiro atoms. The molecule has 4 nitrogen and oxygen atoms in total. The minimum atomic E-state index is -0.295. The minimum absolute atomic E-state index is 0.289. The maximum Gasteiger partial charge on any atom is 0.243 e. The SMILES string of the molecule is CC.O=c1sc(=O)c2cc3c(C=Cc4ccccc4)c4cc5c(=O)sc(=O)c5cc4c(C#Cc4ccccc4)c3cc12. The molecule has 42 heavy (non-hydrogen) atoms. The molecule has 0 saturated carbocycles. The third kappa shape index (κ3) is 4.69.